The molecule has 0 spiro atoms. The van der Waals surface area contributed by atoms with Gasteiger partial charge in [-0.25, -0.2) is 9.59 Å². The number of carbonyl (C=O) groups is 4. The molecule has 0 bridgehead atoms. The molecule has 0 aliphatic rings. The summed E-state index contributed by atoms with van der Waals surface area (Å²) in [6.07, 6.45) is 3.27. The number of aryl methyl sites for hydroxylation is 1. The number of nitrogens with one attached hydrogen (secondary N) is 1. The quantitative estimate of drug-likeness (QED) is 0.0840. The number of ether oxygens (including phenoxy) is 4. The molecule has 1 radical (unpaired) electrons. The molecule has 1 N–H and O–H groups in total. The summed E-state index contributed by atoms with van der Waals surface area (Å²) in [5, 5.41) is 2.77. The third-order valence-corrected chi connectivity index (χ3v) is 6.38. The summed E-state index contributed by atoms with van der Waals surface area (Å²) in [6, 6.07) is 13.2. The molecule has 0 saturated carbocycles. The van der Waals surface area contributed by atoms with Crippen LogP contribution in [0.5, 0.6) is 11.5 Å². The predicted octanol–water partition coefficient (Wildman–Crippen LogP) is 4.92. The maximum absolute atomic E-state index is 12.6. The molecule has 0 saturated heterocycles. The maximum atomic E-state index is 12.6. The van der Waals surface area contributed by atoms with Gasteiger partial charge in [0.1, 0.15) is 17.5 Å². The first-order valence-electron chi connectivity index (χ1n) is 13.0. The van der Waals surface area contributed by atoms with Crippen molar-refractivity contribution in [2.24, 2.45) is 0 Å². The van der Waals surface area contributed by atoms with Crippen molar-refractivity contribution in [2.45, 2.75) is 57.9 Å². The van der Waals surface area contributed by atoms with E-state index in [4.69, 9.17) is 23.5 Å². The monoisotopic (exact) mass is 644 g/mol. The van der Waals surface area contributed by atoms with Crippen LogP contribution in [-0.2, 0) is 59.8 Å². The van der Waals surface area contributed by atoms with Crippen LogP contribution in [0.15, 0.2) is 48.5 Å². The van der Waals surface area contributed by atoms with Gasteiger partial charge in [0.25, 0.3) is 0 Å². The van der Waals surface area contributed by atoms with E-state index >= 15 is 0 Å². The molecule has 1 amide bonds. The van der Waals surface area contributed by atoms with Crippen molar-refractivity contribution in [1.82, 2.24) is 5.32 Å². The van der Waals surface area contributed by atoms with Crippen LogP contribution in [0.25, 0.3) is 0 Å². The number of esters is 1. The zero-order valence-corrected chi connectivity index (χ0v) is 26.8. The van der Waals surface area contributed by atoms with E-state index in [-0.39, 0.29) is 58.4 Å². The molecular weight excluding hydrogens is 607 g/mol. The SMILES string of the molecule is COc1ccc(CCC(=O)NC(Cc2ccc(OC(=O)OCCCCCCOC(C)=O)cc2)C(=O)OPP)cc1.[V]. The average molecular weight is 644 g/mol. The van der Waals surface area contributed by atoms with Crippen molar-refractivity contribution < 1.29 is 61.2 Å². The zero-order valence-electron chi connectivity index (χ0n) is 23.3. The van der Waals surface area contributed by atoms with Crippen LogP contribution in [0, 0.1) is 0 Å². The number of rotatable bonds is 17. The Morgan fingerprint density at radius 1 is 0.854 bits per heavy atom. The van der Waals surface area contributed by atoms with Crippen LogP contribution in [-0.4, -0.2) is 50.4 Å². The van der Waals surface area contributed by atoms with Crippen molar-refractivity contribution >= 4 is 41.4 Å². The standard InChI is InChI=1S/C28H37NO9P2.V/c1-20(30)35-17-5-3-4-6-18-36-28(33)37-24-14-9-22(10-15-24)19-25(27(32)38-40-39)29-26(31)16-11-21-7-12-23(34-2)13-8-21;/h7-10,12-15,25,40H,3-6,11,16-19,39H2,1-2H3,(H,29,31);. The van der Waals surface area contributed by atoms with Gasteiger partial charge in [-0.2, -0.15) is 0 Å². The van der Waals surface area contributed by atoms with Crippen molar-refractivity contribution in [2.75, 3.05) is 20.3 Å². The molecule has 0 aromatic heterocycles. The summed E-state index contributed by atoms with van der Waals surface area (Å²) >= 11 is 0. The van der Waals surface area contributed by atoms with Crippen molar-refractivity contribution in [3.63, 3.8) is 0 Å². The van der Waals surface area contributed by atoms with Crippen LogP contribution in [0.3, 0.4) is 0 Å². The molecular formula is C28H37NO9P2V. The Hall–Kier alpha value is -2.64. The molecule has 41 heavy (non-hydrogen) atoms. The smallest absolute Gasteiger partial charge is 0.497 e. The van der Waals surface area contributed by atoms with Gasteiger partial charge in [-0.15, -0.1) is 0 Å². The minimum atomic E-state index is -0.859. The minimum Gasteiger partial charge on any atom is -0.497 e. The number of amides is 1. The van der Waals surface area contributed by atoms with Gasteiger partial charge in [0, 0.05) is 38.3 Å². The third-order valence-electron chi connectivity index (χ3n) is 5.71. The first-order chi connectivity index (χ1) is 19.3. The maximum Gasteiger partial charge on any atom is 0.513 e. The predicted molar refractivity (Wildman–Crippen MR) is 155 cm³/mol. The van der Waals surface area contributed by atoms with Crippen LogP contribution in [0.4, 0.5) is 4.79 Å². The van der Waals surface area contributed by atoms with Gasteiger partial charge in [-0.05, 0) is 67.5 Å². The fourth-order valence-electron chi connectivity index (χ4n) is 3.62. The van der Waals surface area contributed by atoms with Gasteiger partial charge < -0.3 is 28.8 Å². The molecule has 2 rings (SSSR count). The van der Waals surface area contributed by atoms with E-state index in [1.165, 1.54) is 6.92 Å². The molecule has 0 aliphatic heterocycles. The first kappa shape index (κ1) is 36.4. The van der Waals surface area contributed by atoms with Gasteiger partial charge in [0.2, 0.25) is 5.91 Å². The Balaban J connectivity index is 0.00000840. The van der Waals surface area contributed by atoms with Crippen molar-refractivity contribution in [3.05, 3.63) is 59.7 Å². The average Bonchev–Trinajstić information content (AvgIpc) is 2.94. The fraction of sp³-hybridized carbons (Fsp3) is 0.429. The van der Waals surface area contributed by atoms with Crippen LogP contribution >= 0.6 is 17.4 Å². The summed E-state index contributed by atoms with van der Waals surface area (Å²) in [5.74, 6) is -0.0491. The van der Waals surface area contributed by atoms with E-state index < -0.39 is 18.2 Å². The number of hydrogen-bond acceptors (Lipinski definition) is 9. The van der Waals surface area contributed by atoms with Crippen LogP contribution < -0.4 is 14.8 Å². The number of methoxy groups -OCH3 is 1. The van der Waals surface area contributed by atoms with Gasteiger partial charge in [-0.3, -0.25) is 9.59 Å². The molecule has 10 nitrogen and oxygen atoms in total. The molecule has 2 aromatic carbocycles. The molecule has 3 unspecified atom stereocenters. The fourth-order valence-corrected chi connectivity index (χ4v) is 4.23. The minimum absolute atomic E-state index is 0. The number of hydrogen-bond donors (Lipinski definition) is 1. The second kappa shape index (κ2) is 21.1. The number of carbonyl (C=O) groups excluding carboxylic acids is 4. The summed E-state index contributed by atoms with van der Waals surface area (Å²) in [7, 11) is 3.81. The second-order valence-corrected chi connectivity index (χ2v) is 9.96. The van der Waals surface area contributed by atoms with Gasteiger partial charge in [-0.1, -0.05) is 33.2 Å². The Labute approximate surface area is 256 Å². The number of unbranched alkanes of at least 4 members (excludes halogenated alkanes) is 3. The summed E-state index contributed by atoms with van der Waals surface area (Å²) in [4.78, 5) is 47.7. The van der Waals surface area contributed by atoms with Gasteiger partial charge in [0.05, 0.1) is 28.8 Å². The second-order valence-electron chi connectivity index (χ2n) is 8.81. The molecule has 223 valence electrons. The van der Waals surface area contributed by atoms with E-state index in [9.17, 15) is 19.2 Å². The van der Waals surface area contributed by atoms with E-state index in [2.05, 4.69) is 14.2 Å². The van der Waals surface area contributed by atoms with Gasteiger partial charge in [0.15, 0.2) is 0 Å². The Kier molecular flexibility index (Phi) is 18.7. The molecule has 0 fully saturated rings. The van der Waals surface area contributed by atoms with Crippen LogP contribution in [0.2, 0.25) is 0 Å². The van der Waals surface area contributed by atoms with Crippen molar-refractivity contribution in [3.8, 4) is 11.5 Å². The van der Waals surface area contributed by atoms with Crippen molar-refractivity contribution in [1.29, 1.82) is 0 Å². The molecule has 0 aliphatic carbocycles. The summed E-state index contributed by atoms with van der Waals surface area (Å²) in [6.45, 7) is 1.99. The van der Waals surface area contributed by atoms with E-state index in [0.717, 1.165) is 36.1 Å². The van der Waals surface area contributed by atoms with E-state index in [0.29, 0.717) is 25.2 Å². The zero-order chi connectivity index (χ0) is 29.2. The molecule has 13 heteroatoms. The topological polar surface area (TPSA) is 126 Å². The third kappa shape index (κ3) is 15.8. The first-order valence-corrected chi connectivity index (χ1v) is 15.7. The van der Waals surface area contributed by atoms with E-state index in [1.54, 1.807) is 31.4 Å². The molecule has 3 atom stereocenters. The largest absolute Gasteiger partial charge is 0.513 e. The molecule has 2 aromatic rings. The Bertz CT molecular complexity index is 1080. The summed E-state index contributed by atoms with van der Waals surface area (Å²) < 4.78 is 25.4. The molecule has 0 heterocycles. The number of benzene rings is 2. The van der Waals surface area contributed by atoms with E-state index in [1.807, 2.05) is 24.3 Å². The normalized spacial score (nSPS) is 11.2. The van der Waals surface area contributed by atoms with Crippen LogP contribution in [0.1, 0.15) is 50.2 Å². The Morgan fingerprint density at radius 3 is 2.02 bits per heavy atom. The summed E-state index contributed by atoms with van der Waals surface area (Å²) in [5.41, 5.74) is 1.73. The Morgan fingerprint density at radius 2 is 1.44 bits per heavy atom. The van der Waals surface area contributed by atoms with Gasteiger partial charge >= 0.3 is 18.1 Å².